The van der Waals surface area contributed by atoms with E-state index in [-0.39, 0.29) is 0 Å². The Morgan fingerprint density at radius 2 is 2.04 bits per heavy atom. The molecular weight excluding hydrogens is 364 g/mol. The van der Waals surface area contributed by atoms with Crippen LogP contribution < -0.4 is 10.6 Å². The van der Waals surface area contributed by atoms with Gasteiger partial charge in [0.2, 0.25) is 0 Å². The van der Waals surface area contributed by atoms with Gasteiger partial charge in [-0.2, -0.15) is 11.3 Å². The van der Waals surface area contributed by atoms with Crippen molar-refractivity contribution in [2.45, 2.75) is 19.9 Å². The maximum absolute atomic E-state index is 6.33. The standard InChI is InChI=1S/C18H28N6S2/c1-3-22(4-2)16(15-5-11-25-14-15)13-21-17(19)23-7-9-24(10-8-23)18-20-6-12-26-18/h5-6,11-12,14,16H,3-4,7-10,13H2,1-2H3,(H2,19,21). The second-order valence-corrected chi connectivity index (χ2v) is 7.93. The first-order chi connectivity index (χ1) is 12.7. The molecule has 0 aromatic carbocycles. The number of guanidine groups is 1. The molecule has 0 spiro atoms. The monoisotopic (exact) mass is 392 g/mol. The maximum atomic E-state index is 6.33. The van der Waals surface area contributed by atoms with E-state index < -0.39 is 0 Å². The average molecular weight is 393 g/mol. The van der Waals surface area contributed by atoms with Gasteiger partial charge in [0.25, 0.3) is 0 Å². The molecule has 26 heavy (non-hydrogen) atoms. The smallest absolute Gasteiger partial charge is 0.191 e. The number of hydrogen-bond donors (Lipinski definition) is 1. The van der Waals surface area contributed by atoms with Crippen molar-refractivity contribution in [1.82, 2.24) is 14.8 Å². The van der Waals surface area contributed by atoms with E-state index in [1.54, 1.807) is 22.7 Å². The number of likely N-dealkylation sites (N-methyl/N-ethyl adjacent to an activating group) is 1. The van der Waals surface area contributed by atoms with Crippen molar-refractivity contribution in [2.24, 2.45) is 10.7 Å². The van der Waals surface area contributed by atoms with Gasteiger partial charge in [0.1, 0.15) is 0 Å². The molecule has 0 radical (unpaired) electrons. The number of piperazine rings is 1. The minimum absolute atomic E-state index is 0.298. The van der Waals surface area contributed by atoms with E-state index in [2.05, 4.69) is 50.4 Å². The molecule has 0 bridgehead atoms. The van der Waals surface area contributed by atoms with Crippen molar-refractivity contribution in [1.29, 1.82) is 0 Å². The largest absolute Gasteiger partial charge is 0.370 e. The van der Waals surface area contributed by atoms with Gasteiger partial charge in [0.15, 0.2) is 11.1 Å². The van der Waals surface area contributed by atoms with Crippen LogP contribution in [0.5, 0.6) is 0 Å². The summed E-state index contributed by atoms with van der Waals surface area (Å²) in [6.07, 6.45) is 1.86. The Labute approximate surface area is 164 Å². The topological polar surface area (TPSA) is 61.0 Å². The minimum Gasteiger partial charge on any atom is -0.370 e. The Bertz CT molecular complexity index is 658. The molecule has 1 aliphatic heterocycles. The Morgan fingerprint density at radius 3 is 2.62 bits per heavy atom. The van der Waals surface area contributed by atoms with Crippen LogP contribution in [0.4, 0.5) is 5.13 Å². The molecule has 1 aliphatic rings. The van der Waals surface area contributed by atoms with Crippen molar-refractivity contribution in [2.75, 3.05) is 50.7 Å². The van der Waals surface area contributed by atoms with E-state index >= 15 is 0 Å². The van der Waals surface area contributed by atoms with Crippen LogP contribution in [-0.4, -0.2) is 66.6 Å². The fourth-order valence-electron chi connectivity index (χ4n) is 3.34. The molecule has 2 aromatic heterocycles. The summed E-state index contributed by atoms with van der Waals surface area (Å²) >= 11 is 3.43. The van der Waals surface area contributed by atoms with Crippen molar-refractivity contribution < 1.29 is 0 Å². The second-order valence-electron chi connectivity index (χ2n) is 6.28. The molecule has 2 N–H and O–H groups in total. The molecule has 6 nitrogen and oxygen atoms in total. The lowest BCUT2D eigenvalue weighted by Crippen LogP contribution is -2.51. The van der Waals surface area contributed by atoms with Gasteiger partial charge in [-0.3, -0.25) is 9.89 Å². The highest BCUT2D eigenvalue weighted by Gasteiger charge is 2.21. The van der Waals surface area contributed by atoms with E-state index in [0.29, 0.717) is 18.5 Å². The van der Waals surface area contributed by atoms with E-state index in [1.165, 1.54) is 5.56 Å². The molecule has 2 aromatic rings. The predicted molar refractivity (Wildman–Crippen MR) is 112 cm³/mol. The van der Waals surface area contributed by atoms with Crippen LogP contribution in [0.2, 0.25) is 0 Å². The summed E-state index contributed by atoms with van der Waals surface area (Å²) in [4.78, 5) is 16.1. The van der Waals surface area contributed by atoms with Crippen LogP contribution in [0, 0.1) is 0 Å². The summed E-state index contributed by atoms with van der Waals surface area (Å²) < 4.78 is 0. The fourth-order valence-corrected chi connectivity index (χ4v) is 4.74. The molecule has 0 saturated carbocycles. The lowest BCUT2D eigenvalue weighted by molar-refractivity contribution is 0.224. The van der Waals surface area contributed by atoms with Crippen molar-refractivity contribution >= 4 is 33.8 Å². The third-order valence-electron chi connectivity index (χ3n) is 4.90. The number of thiophene rings is 1. The molecule has 1 unspecified atom stereocenters. The number of rotatable bonds is 7. The molecule has 3 rings (SSSR count). The first-order valence-corrected chi connectivity index (χ1v) is 11.0. The van der Waals surface area contributed by atoms with E-state index in [4.69, 9.17) is 10.7 Å². The van der Waals surface area contributed by atoms with Crippen LogP contribution >= 0.6 is 22.7 Å². The summed E-state index contributed by atoms with van der Waals surface area (Å²) in [5.41, 5.74) is 7.66. The number of aliphatic imine (C=N–C) groups is 1. The first-order valence-electron chi connectivity index (χ1n) is 9.18. The summed E-state index contributed by atoms with van der Waals surface area (Å²) in [6, 6.07) is 2.50. The summed E-state index contributed by atoms with van der Waals surface area (Å²) in [6.45, 7) is 10.8. The molecule has 0 amide bonds. The van der Waals surface area contributed by atoms with Crippen LogP contribution in [0.25, 0.3) is 0 Å². The van der Waals surface area contributed by atoms with Crippen LogP contribution in [-0.2, 0) is 0 Å². The van der Waals surface area contributed by atoms with E-state index in [0.717, 1.165) is 44.4 Å². The van der Waals surface area contributed by atoms with Crippen LogP contribution in [0.3, 0.4) is 0 Å². The zero-order valence-corrected chi connectivity index (χ0v) is 17.2. The molecule has 1 atom stereocenters. The molecule has 0 aliphatic carbocycles. The summed E-state index contributed by atoms with van der Waals surface area (Å²) in [5.74, 6) is 0.663. The number of thiazole rings is 1. The predicted octanol–water partition coefficient (Wildman–Crippen LogP) is 2.72. The van der Waals surface area contributed by atoms with Gasteiger partial charge in [-0.25, -0.2) is 4.98 Å². The first kappa shape index (κ1) is 19.1. The molecule has 1 saturated heterocycles. The van der Waals surface area contributed by atoms with Crippen molar-refractivity contribution in [3.63, 3.8) is 0 Å². The average Bonchev–Trinajstić information content (AvgIpc) is 3.39. The van der Waals surface area contributed by atoms with Gasteiger partial charge in [-0.15, -0.1) is 11.3 Å². The fraction of sp³-hybridized carbons (Fsp3) is 0.556. The van der Waals surface area contributed by atoms with Crippen LogP contribution in [0.15, 0.2) is 33.4 Å². The van der Waals surface area contributed by atoms with Crippen molar-refractivity contribution in [3.8, 4) is 0 Å². The number of nitrogens with two attached hydrogens (primary N) is 1. The number of hydrogen-bond acceptors (Lipinski definition) is 6. The zero-order chi connectivity index (χ0) is 18.4. The lowest BCUT2D eigenvalue weighted by Gasteiger charge is -2.35. The summed E-state index contributed by atoms with van der Waals surface area (Å²) in [7, 11) is 0. The number of nitrogens with zero attached hydrogens (tertiary/aromatic N) is 5. The number of anilines is 1. The zero-order valence-electron chi connectivity index (χ0n) is 15.5. The maximum Gasteiger partial charge on any atom is 0.191 e. The normalized spacial score (nSPS) is 17.1. The van der Waals surface area contributed by atoms with Gasteiger partial charge < -0.3 is 15.5 Å². The van der Waals surface area contributed by atoms with E-state index in [1.807, 2.05) is 11.6 Å². The highest BCUT2D eigenvalue weighted by molar-refractivity contribution is 7.13. The molecule has 1 fully saturated rings. The van der Waals surface area contributed by atoms with Gasteiger partial charge in [-0.1, -0.05) is 13.8 Å². The van der Waals surface area contributed by atoms with Gasteiger partial charge in [0.05, 0.1) is 12.6 Å². The quantitative estimate of drug-likeness (QED) is 0.580. The Hall–Kier alpha value is -1.64. The van der Waals surface area contributed by atoms with Gasteiger partial charge >= 0.3 is 0 Å². The van der Waals surface area contributed by atoms with Gasteiger partial charge in [0, 0.05) is 37.8 Å². The Morgan fingerprint density at radius 1 is 1.27 bits per heavy atom. The molecule has 3 heterocycles. The molecule has 8 heteroatoms. The van der Waals surface area contributed by atoms with E-state index in [9.17, 15) is 0 Å². The molecular formula is C18H28N6S2. The van der Waals surface area contributed by atoms with Crippen LogP contribution in [0.1, 0.15) is 25.5 Å². The summed E-state index contributed by atoms with van der Waals surface area (Å²) in [5, 5.41) is 7.48. The second kappa shape index (κ2) is 9.34. The van der Waals surface area contributed by atoms with Crippen molar-refractivity contribution in [3.05, 3.63) is 34.0 Å². The highest BCUT2D eigenvalue weighted by Crippen LogP contribution is 2.23. The third kappa shape index (κ3) is 4.55. The SMILES string of the molecule is CCN(CC)C(CN=C(N)N1CCN(c2nccs2)CC1)c1ccsc1. The Balaban J connectivity index is 1.60. The Kier molecular flexibility index (Phi) is 6.87. The molecule has 142 valence electrons. The minimum atomic E-state index is 0.298. The highest BCUT2D eigenvalue weighted by atomic mass is 32.1. The number of aromatic nitrogens is 1. The third-order valence-corrected chi connectivity index (χ3v) is 6.43. The van der Waals surface area contributed by atoms with Gasteiger partial charge in [-0.05, 0) is 35.5 Å². The lowest BCUT2D eigenvalue weighted by atomic mass is 10.1.